The molecule has 3 atom stereocenters. The van der Waals surface area contributed by atoms with Gasteiger partial charge in [-0.15, -0.1) is 0 Å². The highest BCUT2D eigenvalue weighted by molar-refractivity contribution is 5.80. The Morgan fingerprint density at radius 3 is 2.19 bits per heavy atom. The molecule has 4 nitrogen and oxygen atoms in total. The molecule has 4 heteroatoms. The predicted octanol–water partition coefficient (Wildman–Crippen LogP) is 2.88. The van der Waals surface area contributed by atoms with Gasteiger partial charge in [-0.1, -0.05) is 13.8 Å². The van der Waals surface area contributed by atoms with Crippen LogP contribution in [-0.4, -0.2) is 30.1 Å². The standard InChI is InChI=1S/C17H36N4/c1-11(2)19-16(20-12(3)4)21-13(5)14-8-15(18)10-17(6,7)9-14/h11-15H,8-10,18H2,1-7H3,(H2,19,20,21). The molecule has 1 rings (SSSR count). The minimum atomic E-state index is 0.288. The highest BCUT2D eigenvalue weighted by Gasteiger charge is 2.35. The number of nitrogens with two attached hydrogens (primary N) is 1. The van der Waals surface area contributed by atoms with Gasteiger partial charge in [0.1, 0.15) is 0 Å². The van der Waals surface area contributed by atoms with Crippen LogP contribution in [0.1, 0.15) is 67.7 Å². The number of aliphatic imine (C=N–C) groups is 1. The third-order valence-electron chi connectivity index (χ3n) is 4.12. The molecular weight excluding hydrogens is 260 g/mol. The minimum Gasteiger partial charge on any atom is -0.354 e. The molecule has 1 saturated carbocycles. The van der Waals surface area contributed by atoms with E-state index in [2.05, 4.69) is 64.1 Å². The van der Waals surface area contributed by atoms with Crippen LogP contribution in [0.2, 0.25) is 0 Å². The van der Waals surface area contributed by atoms with E-state index in [-0.39, 0.29) is 6.04 Å². The van der Waals surface area contributed by atoms with E-state index in [1.807, 2.05) is 0 Å². The maximum Gasteiger partial charge on any atom is 0.191 e. The van der Waals surface area contributed by atoms with Crippen LogP contribution >= 0.6 is 0 Å². The first-order valence-corrected chi connectivity index (χ1v) is 8.45. The zero-order valence-electron chi connectivity index (χ0n) is 15.0. The van der Waals surface area contributed by atoms with Crippen LogP contribution in [0.5, 0.6) is 0 Å². The van der Waals surface area contributed by atoms with Gasteiger partial charge in [0, 0.05) is 24.2 Å². The molecule has 4 N–H and O–H groups in total. The van der Waals surface area contributed by atoms with Crippen molar-refractivity contribution in [3.63, 3.8) is 0 Å². The number of guanidine groups is 1. The lowest BCUT2D eigenvalue weighted by Gasteiger charge is -2.41. The van der Waals surface area contributed by atoms with E-state index in [0.29, 0.717) is 29.5 Å². The summed E-state index contributed by atoms with van der Waals surface area (Å²) in [6, 6.07) is 1.38. The van der Waals surface area contributed by atoms with Crippen molar-refractivity contribution in [2.24, 2.45) is 22.1 Å². The Balaban J connectivity index is 2.70. The fraction of sp³-hybridized carbons (Fsp3) is 0.941. The molecule has 0 aromatic carbocycles. The Bertz CT molecular complexity index is 347. The lowest BCUT2D eigenvalue weighted by atomic mass is 9.68. The zero-order valence-corrected chi connectivity index (χ0v) is 15.0. The molecule has 0 heterocycles. The van der Waals surface area contributed by atoms with E-state index < -0.39 is 0 Å². The zero-order chi connectivity index (χ0) is 16.2. The van der Waals surface area contributed by atoms with Gasteiger partial charge in [-0.2, -0.15) is 0 Å². The second kappa shape index (κ2) is 7.48. The molecule has 3 unspecified atom stereocenters. The van der Waals surface area contributed by atoms with Crippen LogP contribution in [0.4, 0.5) is 0 Å². The van der Waals surface area contributed by atoms with Gasteiger partial charge < -0.3 is 16.4 Å². The first kappa shape index (κ1) is 18.3. The van der Waals surface area contributed by atoms with Crippen LogP contribution in [-0.2, 0) is 0 Å². The van der Waals surface area contributed by atoms with Gasteiger partial charge in [0.05, 0.1) is 0 Å². The van der Waals surface area contributed by atoms with Crippen LogP contribution in [0.25, 0.3) is 0 Å². The van der Waals surface area contributed by atoms with Crippen LogP contribution in [0, 0.1) is 11.3 Å². The molecule has 124 valence electrons. The lowest BCUT2D eigenvalue weighted by molar-refractivity contribution is 0.140. The first-order chi connectivity index (χ1) is 9.59. The summed E-state index contributed by atoms with van der Waals surface area (Å²) in [4.78, 5) is 4.67. The number of nitrogens with one attached hydrogen (secondary N) is 2. The molecule has 0 bridgehead atoms. The van der Waals surface area contributed by atoms with Crippen LogP contribution < -0.4 is 16.4 Å². The maximum atomic E-state index is 6.26. The molecule has 21 heavy (non-hydrogen) atoms. The number of rotatable bonds is 4. The van der Waals surface area contributed by atoms with Crippen LogP contribution in [0.15, 0.2) is 4.99 Å². The average Bonchev–Trinajstić information content (AvgIpc) is 2.23. The summed E-state index contributed by atoms with van der Waals surface area (Å²) in [5, 5.41) is 7.01. The third-order valence-corrected chi connectivity index (χ3v) is 4.12. The maximum absolute atomic E-state index is 6.26. The minimum absolute atomic E-state index is 0.288. The topological polar surface area (TPSA) is 62.4 Å². The highest BCUT2D eigenvalue weighted by Crippen LogP contribution is 2.39. The summed E-state index contributed by atoms with van der Waals surface area (Å²) >= 11 is 0. The Labute approximate surface area is 131 Å². The molecule has 0 aromatic heterocycles. The van der Waals surface area contributed by atoms with Gasteiger partial charge in [0.15, 0.2) is 5.96 Å². The molecule has 0 radical (unpaired) electrons. The van der Waals surface area contributed by atoms with Crippen molar-refractivity contribution in [2.75, 3.05) is 0 Å². The highest BCUT2D eigenvalue weighted by atomic mass is 15.2. The monoisotopic (exact) mass is 296 g/mol. The van der Waals surface area contributed by atoms with Crippen molar-refractivity contribution in [1.29, 1.82) is 0 Å². The van der Waals surface area contributed by atoms with Gasteiger partial charge in [-0.05, 0) is 65.2 Å². The molecule has 1 aliphatic rings. The summed E-state index contributed by atoms with van der Waals surface area (Å²) in [5.74, 6) is 1.53. The smallest absolute Gasteiger partial charge is 0.191 e. The number of hydrogen-bond donors (Lipinski definition) is 3. The van der Waals surface area contributed by atoms with Crippen molar-refractivity contribution in [2.45, 2.75) is 91.9 Å². The van der Waals surface area contributed by atoms with Crippen molar-refractivity contribution >= 4 is 5.96 Å². The quantitative estimate of drug-likeness (QED) is 0.552. The first-order valence-electron chi connectivity index (χ1n) is 8.45. The SMILES string of the molecule is CC(C)N=C(NC(C)C)NC(C)C1CC(N)CC(C)(C)C1. The van der Waals surface area contributed by atoms with Crippen molar-refractivity contribution in [3.8, 4) is 0 Å². The molecule has 0 amide bonds. The Kier molecular flexibility index (Phi) is 6.51. The summed E-state index contributed by atoms with van der Waals surface area (Å²) in [6.45, 7) is 15.4. The predicted molar refractivity (Wildman–Crippen MR) is 92.5 cm³/mol. The molecular formula is C17H36N4. The summed E-state index contributed by atoms with van der Waals surface area (Å²) in [7, 11) is 0. The molecule has 0 aliphatic heterocycles. The summed E-state index contributed by atoms with van der Waals surface area (Å²) in [6.07, 6.45) is 3.47. The van der Waals surface area contributed by atoms with E-state index in [9.17, 15) is 0 Å². The second-order valence-electron chi connectivity index (χ2n) is 8.13. The van der Waals surface area contributed by atoms with E-state index in [4.69, 9.17) is 5.73 Å². The van der Waals surface area contributed by atoms with Crippen molar-refractivity contribution < 1.29 is 0 Å². The summed E-state index contributed by atoms with van der Waals surface area (Å²) in [5.41, 5.74) is 6.60. The lowest BCUT2D eigenvalue weighted by Crippen LogP contribution is -2.50. The molecule has 0 saturated heterocycles. The van der Waals surface area contributed by atoms with Gasteiger partial charge >= 0.3 is 0 Å². The van der Waals surface area contributed by atoms with Gasteiger partial charge in [-0.3, -0.25) is 4.99 Å². The van der Waals surface area contributed by atoms with E-state index in [0.717, 1.165) is 18.8 Å². The third kappa shape index (κ3) is 6.68. The average molecular weight is 297 g/mol. The van der Waals surface area contributed by atoms with E-state index in [1.165, 1.54) is 6.42 Å². The van der Waals surface area contributed by atoms with Crippen molar-refractivity contribution in [3.05, 3.63) is 0 Å². The summed E-state index contributed by atoms with van der Waals surface area (Å²) < 4.78 is 0. The van der Waals surface area contributed by atoms with Gasteiger partial charge in [-0.25, -0.2) is 0 Å². The second-order valence-corrected chi connectivity index (χ2v) is 8.13. The normalized spacial score (nSPS) is 27.8. The van der Waals surface area contributed by atoms with E-state index >= 15 is 0 Å². The molecule has 0 aromatic rings. The van der Waals surface area contributed by atoms with Gasteiger partial charge in [0.2, 0.25) is 0 Å². The largest absolute Gasteiger partial charge is 0.354 e. The fourth-order valence-corrected chi connectivity index (χ4v) is 3.42. The fourth-order valence-electron chi connectivity index (χ4n) is 3.42. The molecule has 0 spiro atoms. The van der Waals surface area contributed by atoms with Crippen LogP contribution in [0.3, 0.4) is 0 Å². The Hall–Kier alpha value is -0.770. The van der Waals surface area contributed by atoms with Crippen molar-refractivity contribution in [1.82, 2.24) is 10.6 Å². The Morgan fingerprint density at radius 1 is 1.10 bits per heavy atom. The van der Waals surface area contributed by atoms with E-state index in [1.54, 1.807) is 0 Å². The number of nitrogens with zero attached hydrogens (tertiary/aromatic N) is 1. The Morgan fingerprint density at radius 2 is 1.71 bits per heavy atom. The molecule has 1 aliphatic carbocycles. The van der Waals surface area contributed by atoms with Gasteiger partial charge in [0.25, 0.3) is 0 Å². The number of hydrogen-bond acceptors (Lipinski definition) is 2. The molecule has 1 fully saturated rings.